The molecule has 106 valence electrons. The Bertz CT molecular complexity index is 764. The molecule has 0 saturated carbocycles. The Balaban J connectivity index is 2.24. The van der Waals surface area contributed by atoms with E-state index in [1.54, 1.807) is 18.3 Å². The number of fused-ring (bicyclic) bond motifs is 1. The summed E-state index contributed by atoms with van der Waals surface area (Å²) in [6, 6.07) is 13.1. The standard InChI is InChI=1S/C16H13Cl2N3/c17-13-5-2-6-14(18)15(13)16(21-19)11-4-1-3-10-7-8-20-9-12(10)11/h1-9,16,21H,19H2. The van der Waals surface area contributed by atoms with Crippen molar-refractivity contribution in [3.05, 3.63) is 76.0 Å². The number of hydrogen-bond acceptors (Lipinski definition) is 3. The predicted molar refractivity (Wildman–Crippen MR) is 87.4 cm³/mol. The van der Waals surface area contributed by atoms with E-state index in [0.717, 1.165) is 21.9 Å². The van der Waals surface area contributed by atoms with Crippen LogP contribution in [-0.4, -0.2) is 4.98 Å². The van der Waals surface area contributed by atoms with Crippen molar-refractivity contribution in [2.24, 2.45) is 5.84 Å². The van der Waals surface area contributed by atoms with E-state index in [1.165, 1.54) is 0 Å². The highest BCUT2D eigenvalue weighted by molar-refractivity contribution is 6.36. The molecular formula is C16H13Cl2N3. The van der Waals surface area contributed by atoms with Crippen LogP contribution in [0, 0.1) is 0 Å². The van der Waals surface area contributed by atoms with Gasteiger partial charge in [0.15, 0.2) is 0 Å². The number of halogens is 2. The van der Waals surface area contributed by atoms with E-state index in [-0.39, 0.29) is 6.04 Å². The highest BCUT2D eigenvalue weighted by Crippen LogP contribution is 2.36. The number of rotatable bonds is 3. The van der Waals surface area contributed by atoms with Crippen LogP contribution in [0.4, 0.5) is 0 Å². The van der Waals surface area contributed by atoms with Crippen LogP contribution in [0.1, 0.15) is 17.2 Å². The van der Waals surface area contributed by atoms with Crippen LogP contribution < -0.4 is 11.3 Å². The number of hydrazine groups is 1. The lowest BCUT2D eigenvalue weighted by atomic mass is 9.95. The van der Waals surface area contributed by atoms with Crippen molar-refractivity contribution in [2.75, 3.05) is 0 Å². The average Bonchev–Trinajstić information content (AvgIpc) is 2.51. The van der Waals surface area contributed by atoms with Gasteiger partial charge in [-0.25, -0.2) is 5.43 Å². The number of nitrogens with two attached hydrogens (primary N) is 1. The van der Waals surface area contributed by atoms with E-state index in [0.29, 0.717) is 10.0 Å². The minimum Gasteiger partial charge on any atom is -0.271 e. The van der Waals surface area contributed by atoms with Gasteiger partial charge in [0.25, 0.3) is 0 Å². The van der Waals surface area contributed by atoms with Gasteiger partial charge in [-0.05, 0) is 29.1 Å². The Morgan fingerprint density at radius 1 is 1.00 bits per heavy atom. The molecule has 0 spiro atoms. The quantitative estimate of drug-likeness (QED) is 0.565. The summed E-state index contributed by atoms with van der Waals surface area (Å²) in [5.41, 5.74) is 4.56. The van der Waals surface area contributed by atoms with Crippen molar-refractivity contribution in [2.45, 2.75) is 6.04 Å². The maximum Gasteiger partial charge on any atom is 0.0745 e. The summed E-state index contributed by atoms with van der Waals surface area (Å²) in [6.07, 6.45) is 3.58. The topological polar surface area (TPSA) is 50.9 Å². The number of hydrogen-bond donors (Lipinski definition) is 2. The molecule has 3 rings (SSSR count). The zero-order chi connectivity index (χ0) is 14.8. The van der Waals surface area contributed by atoms with Crippen molar-refractivity contribution in [3.8, 4) is 0 Å². The first kappa shape index (κ1) is 14.3. The summed E-state index contributed by atoms with van der Waals surface area (Å²) in [4.78, 5) is 4.19. The first-order valence-corrected chi connectivity index (χ1v) is 7.20. The highest BCUT2D eigenvalue weighted by atomic mass is 35.5. The molecule has 5 heteroatoms. The zero-order valence-electron chi connectivity index (χ0n) is 11.1. The summed E-state index contributed by atoms with van der Waals surface area (Å²) in [5, 5.41) is 3.25. The molecule has 3 N–H and O–H groups in total. The Morgan fingerprint density at radius 2 is 1.71 bits per heavy atom. The lowest BCUT2D eigenvalue weighted by molar-refractivity contribution is 0.641. The Morgan fingerprint density at radius 3 is 2.43 bits per heavy atom. The molecule has 2 aromatic carbocycles. The summed E-state index contributed by atoms with van der Waals surface area (Å²) in [5.74, 6) is 5.78. The number of aromatic nitrogens is 1. The van der Waals surface area contributed by atoms with Crippen LogP contribution in [0.15, 0.2) is 54.9 Å². The van der Waals surface area contributed by atoms with E-state index in [2.05, 4.69) is 10.4 Å². The molecule has 1 unspecified atom stereocenters. The molecule has 3 nitrogen and oxygen atoms in total. The van der Waals surface area contributed by atoms with Crippen molar-refractivity contribution >= 4 is 34.0 Å². The molecule has 0 aliphatic carbocycles. The van der Waals surface area contributed by atoms with Crippen LogP contribution >= 0.6 is 23.2 Å². The first-order valence-electron chi connectivity index (χ1n) is 6.45. The fourth-order valence-corrected chi connectivity index (χ4v) is 3.12. The molecule has 0 bridgehead atoms. The van der Waals surface area contributed by atoms with Gasteiger partial charge in [-0.1, -0.05) is 47.5 Å². The Kier molecular flexibility index (Phi) is 4.08. The molecular weight excluding hydrogens is 305 g/mol. The maximum atomic E-state index is 6.31. The van der Waals surface area contributed by atoms with Crippen molar-refractivity contribution in [3.63, 3.8) is 0 Å². The van der Waals surface area contributed by atoms with Crippen LogP contribution in [0.25, 0.3) is 10.8 Å². The lowest BCUT2D eigenvalue weighted by Crippen LogP contribution is -2.29. The molecule has 0 aliphatic rings. The highest BCUT2D eigenvalue weighted by Gasteiger charge is 2.20. The average molecular weight is 318 g/mol. The Hall–Kier alpha value is -1.65. The summed E-state index contributed by atoms with van der Waals surface area (Å²) < 4.78 is 0. The van der Waals surface area contributed by atoms with Crippen molar-refractivity contribution < 1.29 is 0 Å². The largest absolute Gasteiger partial charge is 0.271 e. The van der Waals surface area contributed by atoms with Crippen LogP contribution in [0.3, 0.4) is 0 Å². The fraction of sp³-hybridized carbons (Fsp3) is 0.0625. The van der Waals surface area contributed by atoms with Crippen molar-refractivity contribution in [1.29, 1.82) is 0 Å². The molecule has 0 aliphatic heterocycles. The van der Waals surface area contributed by atoms with Gasteiger partial charge >= 0.3 is 0 Å². The fourth-order valence-electron chi connectivity index (χ4n) is 2.50. The third-order valence-electron chi connectivity index (χ3n) is 3.48. The molecule has 21 heavy (non-hydrogen) atoms. The summed E-state index contributed by atoms with van der Waals surface area (Å²) >= 11 is 12.6. The molecule has 0 amide bonds. The van der Waals surface area contributed by atoms with Gasteiger partial charge < -0.3 is 0 Å². The minimum absolute atomic E-state index is 0.306. The monoisotopic (exact) mass is 317 g/mol. The lowest BCUT2D eigenvalue weighted by Gasteiger charge is -2.21. The van der Waals surface area contributed by atoms with Gasteiger partial charge in [0, 0.05) is 33.4 Å². The second-order valence-electron chi connectivity index (χ2n) is 4.68. The van der Waals surface area contributed by atoms with Crippen LogP contribution in [-0.2, 0) is 0 Å². The smallest absolute Gasteiger partial charge is 0.0745 e. The normalized spacial score (nSPS) is 12.5. The van der Waals surface area contributed by atoms with Crippen molar-refractivity contribution in [1.82, 2.24) is 10.4 Å². The minimum atomic E-state index is -0.306. The first-order chi connectivity index (χ1) is 10.2. The van der Waals surface area contributed by atoms with Gasteiger partial charge in [0.1, 0.15) is 0 Å². The maximum absolute atomic E-state index is 6.31. The third kappa shape index (κ3) is 2.61. The summed E-state index contributed by atoms with van der Waals surface area (Å²) in [6.45, 7) is 0. The molecule has 1 heterocycles. The molecule has 1 atom stereocenters. The molecule has 0 radical (unpaired) electrons. The molecule has 0 fully saturated rings. The molecule has 0 saturated heterocycles. The van der Waals surface area contributed by atoms with E-state index >= 15 is 0 Å². The van der Waals surface area contributed by atoms with Crippen LogP contribution in [0.5, 0.6) is 0 Å². The molecule has 3 aromatic rings. The van der Waals surface area contributed by atoms with E-state index < -0.39 is 0 Å². The number of nitrogens with one attached hydrogen (secondary N) is 1. The van der Waals surface area contributed by atoms with Gasteiger partial charge in [-0.3, -0.25) is 10.8 Å². The van der Waals surface area contributed by atoms with Gasteiger partial charge in [-0.2, -0.15) is 0 Å². The number of pyridine rings is 1. The second kappa shape index (κ2) is 6.00. The third-order valence-corrected chi connectivity index (χ3v) is 4.14. The molecule has 1 aromatic heterocycles. The van der Waals surface area contributed by atoms with Gasteiger partial charge in [-0.15, -0.1) is 0 Å². The van der Waals surface area contributed by atoms with Gasteiger partial charge in [0.05, 0.1) is 6.04 Å². The van der Waals surface area contributed by atoms with E-state index in [1.807, 2.05) is 36.5 Å². The Labute approximate surface area is 132 Å². The summed E-state index contributed by atoms with van der Waals surface area (Å²) in [7, 11) is 0. The number of benzene rings is 2. The predicted octanol–water partition coefficient (Wildman–Crippen LogP) is 4.09. The number of nitrogens with zero attached hydrogens (tertiary/aromatic N) is 1. The van der Waals surface area contributed by atoms with E-state index in [9.17, 15) is 0 Å². The second-order valence-corrected chi connectivity index (χ2v) is 5.49. The van der Waals surface area contributed by atoms with Gasteiger partial charge in [0.2, 0.25) is 0 Å². The SMILES string of the molecule is NNC(c1c(Cl)cccc1Cl)c1cccc2ccncc12. The van der Waals surface area contributed by atoms with E-state index in [4.69, 9.17) is 29.0 Å². The van der Waals surface area contributed by atoms with Crippen LogP contribution in [0.2, 0.25) is 10.0 Å². The zero-order valence-corrected chi connectivity index (χ0v) is 12.6.